The van der Waals surface area contributed by atoms with E-state index in [1.54, 1.807) is 0 Å². The van der Waals surface area contributed by atoms with Crippen LogP contribution in [-0.4, -0.2) is 12.5 Å². The molecule has 0 atom stereocenters. The van der Waals surface area contributed by atoms with E-state index >= 15 is 0 Å². The fourth-order valence-corrected chi connectivity index (χ4v) is 1.63. The Labute approximate surface area is 137 Å². The fraction of sp³-hybridized carbons (Fsp3) is 0.143. The van der Waals surface area contributed by atoms with E-state index in [-0.39, 0.29) is 11.5 Å². The van der Waals surface area contributed by atoms with Gasteiger partial charge in [0, 0.05) is 21.9 Å². The predicted octanol–water partition coefficient (Wildman–Crippen LogP) is 4.68. The SMILES string of the molecule is Nc1ccc(F)cc1Br.Nc1cccc(OC(F)(F)C(F)F)c1. The maximum Gasteiger partial charge on any atom is 0.461 e. The number of nitrogens with two attached hydrogens (primary N) is 2. The minimum absolute atomic E-state index is 0.160. The van der Waals surface area contributed by atoms with Gasteiger partial charge in [-0.3, -0.25) is 0 Å². The van der Waals surface area contributed by atoms with Gasteiger partial charge >= 0.3 is 12.5 Å². The number of nitrogen functional groups attached to an aromatic ring is 2. The lowest BCUT2D eigenvalue weighted by atomic mass is 10.3. The predicted molar refractivity (Wildman–Crippen MR) is 80.9 cm³/mol. The van der Waals surface area contributed by atoms with Crippen LogP contribution < -0.4 is 16.2 Å². The van der Waals surface area contributed by atoms with Gasteiger partial charge in [0.05, 0.1) is 0 Å². The van der Waals surface area contributed by atoms with Gasteiger partial charge in [0.1, 0.15) is 11.6 Å². The molecule has 9 heteroatoms. The lowest BCUT2D eigenvalue weighted by Gasteiger charge is -2.16. The molecule has 0 unspecified atom stereocenters. The van der Waals surface area contributed by atoms with Crippen molar-refractivity contribution in [1.82, 2.24) is 0 Å². The fourth-order valence-electron chi connectivity index (χ4n) is 1.28. The first-order chi connectivity index (χ1) is 10.6. The molecule has 0 radical (unpaired) electrons. The zero-order valence-electron chi connectivity index (χ0n) is 11.4. The molecular weight excluding hydrogens is 387 g/mol. The zero-order chi connectivity index (χ0) is 17.6. The molecule has 0 heterocycles. The van der Waals surface area contributed by atoms with E-state index in [0.29, 0.717) is 10.2 Å². The third kappa shape index (κ3) is 6.31. The summed E-state index contributed by atoms with van der Waals surface area (Å²) in [5, 5.41) is 0. The Morgan fingerprint density at radius 1 is 1.04 bits per heavy atom. The summed E-state index contributed by atoms with van der Waals surface area (Å²) in [6.45, 7) is 0. The van der Waals surface area contributed by atoms with Crippen LogP contribution in [0.5, 0.6) is 5.75 Å². The minimum Gasteiger partial charge on any atom is -0.428 e. The van der Waals surface area contributed by atoms with Crippen molar-refractivity contribution in [2.45, 2.75) is 12.5 Å². The third-order valence-corrected chi connectivity index (χ3v) is 3.02. The molecule has 0 aliphatic carbocycles. The zero-order valence-corrected chi connectivity index (χ0v) is 13.0. The molecule has 0 saturated heterocycles. The molecule has 0 amide bonds. The highest BCUT2D eigenvalue weighted by molar-refractivity contribution is 9.10. The molecule has 2 rings (SSSR count). The molecule has 23 heavy (non-hydrogen) atoms. The number of halogens is 6. The van der Waals surface area contributed by atoms with Crippen LogP contribution in [0.2, 0.25) is 0 Å². The van der Waals surface area contributed by atoms with Crippen LogP contribution >= 0.6 is 15.9 Å². The van der Waals surface area contributed by atoms with Crippen molar-refractivity contribution in [1.29, 1.82) is 0 Å². The highest BCUT2D eigenvalue weighted by Crippen LogP contribution is 2.28. The summed E-state index contributed by atoms with van der Waals surface area (Å²) >= 11 is 3.08. The van der Waals surface area contributed by atoms with Crippen LogP contribution in [0.4, 0.5) is 33.3 Å². The first-order valence-corrected chi connectivity index (χ1v) is 6.82. The number of rotatable bonds is 3. The van der Waals surface area contributed by atoms with E-state index in [2.05, 4.69) is 20.7 Å². The summed E-state index contributed by atoms with van der Waals surface area (Å²) in [6.07, 6.45) is -8.36. The average molecular weight is 399 g/mol. The van der Waals surface area contributed by atoms with E-state index in [9.17, 15) is 22.0 Å². The summed E-state index contributed by atoms with van der Waals surface area (Å²) in [7, 11) is 0. The standard InChI is InChI=1S/C8H7F4NO.C6H5BrFN/c9-7(10)8(11,12)14-6-3-1-2-5(13)4-6;7-5-3-4(8)1-2-6(5)9/h1-4,7H,13H2;1-3H,9H2. The van der Waals surface area contributed by atoms with Gasteiger partial charge in [0.15, 0.2) is 0 Å². The van der Waals surface area contributed by atoms with Gasteiger partial charge in [-0.25, -0.2) is 4.39 Å². The average Bonchev–Trinajstić information content (AvgIpc) is 2.43. The van der Waals surface area contributed by atoms with E-state index in [0.717, 1.165) is 12.1 Å². The van der Waals surface area contributed by atoms with Gasteiger partial charge < -0.3 is 16.2 Å². The van der Waals surface area contributed by atoms with Gasteiger partial charge in [-0.1, -0.05) is 6.07 Å². The smallest absolute Gasteiger partial charge is 0.428 e. The highest BCUT2D eigenvalue weighted by Gasteiger charge is 2.43. The second kappa shape index (κ2) is 8.00. The molecule has 0 aliphatic heterocycles. The lowest BCUT2D eigenvalue weighted by molar-refractivity contribution is -0.253. The molecule has 0 fully saturated rings. The van der Waals surface area contributed by atoms with E-state index in [1.165, 1.54) is 30.3 Å². The number of anilines is 2. The Bertz CT molecular complexity index is 655. The van der Waals surface area contributed by atoms with E-state index in [1.807, 2.05) is 0 Å². The van der Waals surface area contributed by atoms with E-state index in [4.69, 9.17) is 11.5 Å². The Morgan fingerprint density at radius 2 is 1.70 bits per heavy atom. The number of benzene rings is 2. The van der Waals surface area contributed by atoms with Crippen LogP contribution in [0.25, 0.3) is 0 Å². The number of hydrogen-bond acceptors (Lipinski definition) is 3. The van der Waals surface area contributed by atoms with Crippen LogP contribution in [0, 0.1) is 5.82 Å². The quantitative estimate of drug-likeness (QED) is 0.582. The molecule has 2 aromatic carbocycles. The van der Waals surface area contributed by atoms with Crippen molar-refractivity contribution in [3.05, 3.63) is 52.8 Å². The number of alkyl halides is 4. The van der Waals surface area contributed by atoms with Gasteiger partial charge in [0.25, 0.3) is 0 Å². The molecule has 0 bridgehead atoms. The van der Waals surface area contributed by atoms with Crippen LogP contribution in [0.1, 0.15) is 0 Å². The molecular formula is C14H12BrF5N2O. The Balaban J connectivity index is 0.000000253. The normalized spacial score (nSPS) is 10.9. The topological polar surface area (TPSA) is 61.3 Å². The number of hydrogen-bond donors (Lipinski definition) is 2. The van der Waals surface area contributed by atoms with Crippen molar-refractivity contribution in [3.63, 3.8) is 0 Å². The first kappa shape index (κ1) is 19.0. The molecule has 0 saturated carbocycles. The van der Waals surface area contributed by atoms with Crippen molar-refractivity contribution in [2.75, 3.05) is 11.5 Å². The molecule has 0 aliphatic rings. The van der Waals surface area contributed by atoms with Crippen molar-refractivity contribution in [2.24, 2.45) is 0 Å². The molecule has 3 nitrogen and oxygen atoms in total. The van der Waals surface area contributed by atoms with Gasteiger partial charge in [-0.15, -0.1) is 0 Å². The second-order valence-corrected chi connectivity index (χ2v) is 5.06. The molecule has 126 valence electrons. The van der Waals surface area contributed by atoms with Crippen molar-refractivity contribution in [3.8, 4) is 5.75 Å². The number of ether oxygens (including phenoxy) is 1. The first-order valence-electron chi connectivity index (χ1n) is 6.03. The van der Waals surface area contributed by atoms with Crippen LogP contribution in [0.3, 0.4) is 0 Å². The van der Waals surface area contributed by atoms with Gasteiger partial charge in [0.2, 0.25) is 0 Å². The second-order valence-electron chi connectivity index (χ2n) is 4.20. The Hall–Kier alpha value is -2.03. The van der Waals surface area contributed by atoms with Crippen molar-refractivity contribution < 1.29 is 26.7 Å². The lowest BCUT2D eigenvalue weighted by Crippen LogP contribution is -2.33. The van der Waals surface area contributed by atoms with E-state index < -0.39 is 18.3 Å². The summed E-state index contributed by atoms with van der Waals surface area (Å²) < 4.78 is 64.7. The minimum atomic E-state index is -4.49. The molecule has 2 aromatic rings. The maximum absolute atomic E-state index is 12.4. The van der Waals surface area contributed by atoms with Crippen LogP contribution in [-0.2, 0) is 0 Å². The monoisotopic (exact) mass is 398 g/mol. The van der Waals surface area contributed by atoms with Gasteiger partial charge in [-0.05, 0) is 46.3 Å². The summed E-state index contributed by atoms with van der Waals surface area (Å²) in [5.74, 6) is -0.675. The maximum atomic E-state index is 12.4. The highest BCUT2D eigenvalue weighted by atomic mass is 79.9. The van der Waals surface area contributed by atoms with Crippen molar-refractivity contribution >= 4 is 27.3 Å². The Morgan fingerprint density at radius 3 is 2.17 bits per heavy atom. The molecule has 0 spiro atoms. The largest absolute Gasteiger partial charge is 0.461 e. The molecule has 4 N–H and O–H groups in total. The summed E-state index contributed by atoms with van der Waals surface area (Å²) in [5.41, 5.74) is 11.3. The molecule has 0 aromatic heterocycles. The Kier molecular flexibility index (Phi) is 6.62. The summed E-state index contributed by atoms with van der Waals surface area (Å²) in [4.78, 5) is 0. The third-order valence-electron chi connectivity index (χ3n) is 2.33. The van der Waals surface area contributed by atoms with Gasteiger partial charge in [-0.2, -0.15) is 17.6 Å². The summed E-state index contributed by atoms with van der Waals surface area (Å²) in [6, 6.07) is 9.07. The van der Waals surface area contributed by atoms with Crippen LogP contribution in [0.15, 0.2) is 46.9 Å².